The van der Waals surface area contributed by atoms with E-state index in [0.29, 0.717) is 5.56 Å². The second kappa shape index (κ2) is 4.43. The van der Waals surface area contributed by atoms with Crippen molar-refractivity contribution in [1.82, 2.24) is 9.55 Å². The van der Waals surface area contributed by atoms with Gasteiger partial charge in [-0.2, -0.15) is 0 Å². The maximum absolute atomic E-state index is 11.2. The zero-order valence-corrected chi connectivity index (χ0v) is 8.41. The molecule has 1 unspecified atom stereocenters. The summed E-state index contributed by atoms with van der Waals surface area (Å²) in [6.45, 7) is 1.67. The predicted octanol–water partition coefficient (Wildman–Crippen LogP) is -0.555. The van der Waals surface area contributed by atoms with E-state index in [0.717, 1.165) is 0 Å². The minimum atomic E-state index is -0.792. The Hall–Kier alpha value is -1.07. The molecule has 0 aliphatic heterocycles. The van der Waals surface area contributed by atoms with Gasteiger partial charge in [0.1, 0.15) is 0 Å². The summed E-state index contributed by atoms with van der Waals surface area (Å²) in [6, 6.07) is 0. The highest BCUT2D eigenvalue weighted by Crippen LogP contribution is 1.92. The minimum absolute atomic E-state index is 0.0462. The van der Waals surface area contributed by atoms with Crippen LogP contribution in [-0.4, -0.2) is 26.6 Å². The van der Waals surface area contributed by atoms with Crippen LogP contribution in [0.2, 0.25) is 0 Å². The third kappa shape index (κ3) is 2.46. The fourth-order valence-electron chi connectivity index (χ4n) is 1.03. The van der Waals surface area contributed by atoms with Crippen LogP contribution in [0.15, 0.2) is 15.8 Å². The highest BCUT2D eigenvalue weighted by molar-refractivity contribution is 6.18. The Kier molecular flexibility index (Phi) is 3.49. The van der Waals surface area contributed by atoms with Gasteiger partial charge in [0.2, 0.25) is 0 Å². The molecule has 14 heavy (non-hydrogen) atoms. The average molecular weight is 219 g/mol. The van der Waals surface area contributed by atoms with E-state index in [2.05, 4.69) is 4.98 Å². The quantitative estimate of drug-likeness (QED) is 0.669. The van der Waals surface area contributed by atoms with Crippen LogP contribution in [0.5, 0.6) is 0 Å². The van der Waals surface area contributed by atoms with Crippen LogP contribution in [0, 0.1) is 6.92 Å². The van der Waals surface area contributed by atoms with Gasteiger partial charge in [0, 0.05) is 11.8 Å². The van der Waals surface area contributed by atoms with Crippen molar-refractivity contribution in [3.8, 4) is 0 Å². The van der Waals surface area contributed by atoms with E-state index in [1.54, 1.807) is 6.92 Å². The van der Waals surface area contributed by atoms with Gasteiger partial charge < -0.3 is 5.11 Å². The Labute approximate surface area is 85.0 Å². The van der Waals surface area contributed by atoms with E-state index >= 15 is 0 Å². The molecule has 1 atom stereocenters. The number of rotatable bonds is 3. The first kappa shape index (κ1) is 11.0. The molecule has 0 radical (unpaired) electrons. The number of halogens is 1. The number of aliphatic hydroxyl groups is 1. The molecule has 1 aromatic rings. The van der Waals surface area contributed by atoms with E-state index in [9.17, 15) is 14.7 Å². The number of alkyl halides is 1. The van der Waals surface area contributed by atoms with Crippen LogP contribution in [0.1, 0.15) is 5.56 Å². The number of hydrogen-bond donors (Lipinski definition) is 2. The lowest BCUT2D eigenvalue weighted by Gasteiger charge is -2.09. The topological polar surface area (TPSA) is 75.1 Å². The molecule has 6 heteroatoms. The summed E-state index contributed by atoms with van der Waals surface area (Å²) in [7, 11) is 0. The fourth-order valence-corrected chi connectivity index (χ4v) is 1.13. The van der Waals surface area contributed by atoms with Crippen molar-refractivity contribution in [3.05, 3.63) is 32.6 Å². The second-order valence-corrected chi connectivity index (χ2v) is 3.34. The lowest BCUT2D eigenvalue weighted by atomic mass is 10.3. The van der Waals surface area contributed by atoms with E-state index in [1.165, 1.54) is 10.8 Å². The number of nitrogens with one attached hydrogen (secondary N) is 1. The van der Waals surface area contributed by atoms with Crippen molar-refractivity contribution in [1.29, 1.82) is 0 Å². The van der Waals surface area contributed by atoms with E-state index in [4.69, 9.17) is 11.6 Å². The van der Waals surface area contributed by atoms with Gasteiger partial charge in [-0.15, -0.1) is 11.6 Å². The highest BCUT2D eigenvalue weighted by Gasteiger charge is 2.06. The van der Waals surface area contributed by atoms with Crippen LogP contribution in [0.25, 0.3) is 0 Å². The first-order valence-electron chi connectivity index (χ1n) is 4.09. The van der Waals surface area contributed by atoms with Gasteiger partial charge in [-0.3, -0.25) is 14.3 Å². The highest BCUT2D eigenvalue weighted by atomic mass is 35.5. The Morgan fingerprint density at radius 3 is 2.86 bits per heavy atom. The molecule has 0 bridgehead atoms. The number of aromatic amines is 1. The molecule has 0 aliphatic carbocycles. The van der Waals surface area contributed by atoms with Gasteiger partial charge in [0.25, 0.3) is 5.56 Å². The number of hydrogen-bond acceptors (Lipinski definition) is 3. The molecule has 1 rings (SSSR count). The van der Waals surface area contributed by atoms with Gasteiger partial charge in [-0.05, 0) is 6.92 Å². The van der Waals surface area contributed by atoms with Gasteiger partial charge in [-0.1, -0.05) is 0 Å². The summed E-state index contributed by atoms with van der Waals surface area (Å²) in [5.41, 5.74) is -0.525. The number of aliphatic hydroxyl groups excluding tert-OH is 1. The van der Waals surface area contributed by atoms with Crippen molar-refractivity contribution in [2.24, 2.45) is 0 Å². The molecule has 1 heterocycles. The van der Waals surface area contributed by atoms with Crippen molar-refractivity contribution in [2.45, 2.75) is 19.6 Å². The summed E-state index contributed by atoms with van der Waals surface area (Å²) in [6.07, 6.45) is 0.608. The van der Waals surface area contributed by atoms with Crippen molar-refractivity contribution >= 4 is 11.6 Å². The molecular weight excluding hydrogens is 208 g/mol. The molecule has 0 saturated heterocycles. The van der Waals surface area contributed by atoms with Gasteiger partial charge in [0.05, 0.1) is 18.5 Å². The molecule has 0 fully saturated rings. The summed E-state index contributed by atoms with van der Waals surface area (Å²) < 4.78 is 1.23. The lowest BCUT2D eigenvalue weighted by molar-refractivity contribution is 0.174. The predicted molar refractivity (Wildman–Crippen MR) is 52.8 cm³/mol. The summed E-state index contributed by atoms with van der Waals surface area (Å²) >= 11 is 5.39. The third-order valence-electron chi connectivity index (χ3n) is 1.77. The van der Waals surface area contributed by atoms with Gasteiger partial charge >= 0.3 is 5.69 Å². The zero-order chi connectivity index (χ0) is 10.7. The summed E-state index contributed by atoms with van der Waals surface area (Å²) in [5.74, 6) is 0.0462. The van der Waals surface area contributed by atoms with Crippen LogP contribution >= 0.6 is 11.6 Å². The second-order valence-electron chi connectivity index (χ2n) is 3.03. The number of nitrogens with zero attached hydrogens (tertiary/aromatic N) is 1. The Bertz CT molecular complexity index is 423. The van der Waals surface area contributed by atoms with Crippen LogP contribution in [0.3, 0.4) is 0 Å². The Balaban J connectivity index is 3.04. The maximum atomic E-state index is 11.2. The Morgan fingerprint density at radius 2 is 2.29 bits per heavy atom. The maximum Gasteiger partial charge on any atom is 0.328 e. The molecule has 0 spiro atoms. The average Bonchev–Trinajstić information content (AvgIpc) is 2.14. The number of aromatic nitrogens is 2. The molecular formula is C8H11ClN2O3. The smallest absolute Gasteiger partial charge is 0.328 e. The van der Waals surface area contributed by atoms with E-state index in [-0.39, 0.29) is 12.4 Å². The summed E-state index contributed by atoms with van der Waals surface area (Å²) in [4.78, 5) is 24.3. The van der Waals surface area contributed by atoms with Crippen molar-refractivity contribution in [3.63, 3.8) is 0 Å². The Morgan fingerprint density at radius 1 is 1.64 bits per heavy atom. The molecule has 2 N–H and O–H groups in total. The van der Waals surface area contributed by atoms with Crippen LogP contribution in [0.4, 0.5) is 0 Å². The first-order valence-corrected chi connectivity index (χ1v) is 4.62. The monoisotopic (exact) mass is 218 g/mol. The zero-order valence-electron chi connectivity index (χ0n) is 7.66. The molecule has 0 saturated carbocycles. The van der Waals surface area contributed by atoms with Gasteiger partial charge in [-0.25, -0.2) is 4.79 Å². The number of H-pyrrole nitrogens is 1. The molecule has 1 aromatic heterocycles. The van der Waals surface area contributed by atoms with Crippen molar-refractivity contribution < 1.29 is 5.11 Å². The number of aryl methyl sites for hydroxylation is 1. The third-order valence-corrected chi connectivity index (χ3v) is 2.13. The van der Waals surface area contributed by atoms with Crippen LogP contribution in [-0.2, 0) is 6.54 Å². The fraction of sp³-hybridized carbons (Fsp3) is 0.500. The van der Waals surface area contributed by atoms with E-state index in [1.807, 2.05) is 0 Å². The normalized spacial score (nSPS) is 12.8. The summed E-state index contributed by atoms with van der Waals surface area (Å²) in [5, 5.41) is 9.21. The van der Waals surface area contributed by atoms with E-state index < -0.39 is 17.4 Å². The van der Waals surface area contributed by atoms with Crippen LogP contribution < -0.4 is 11.2 Å². The molecule has 0 aromatic carbocycles. The minimum Gasteiger partial charge on any atom is -0.390 e. The van der Waals surface area contributed by atoms with Gasteiger partial charge in [0.15, 0.2) is 0 Å². The molecule has 78 valence electrons. The standard InChI is InChI=1S/C8H11ClN2O3/c1-5-3-11(4-6(12)2-9)8(14)10-7(5)13/h3,6,12H,2,4H2,1H3,(H,10,13,14). The SMILES string of the molecule is Cc1cn(CC(O)CCl)c(=O)[nH]c1=O. The lowest BCUT2D eigenvalue weighted by Crippen LogP contribution is -2.34. The largest absolute Gasteiger partial charge is 0.390 e. The molecule has 5 nitrogen and oxygen atoms in total. The van der Waals surface area contributed by atoms with Crippen molar-refractivity contribution in [2.75, 3.05) is 5.88 Å². The molecule has 0 aliphatic rings. The molecule has 0 amide bonds. The first-order chi connectivity index (χ1) is 6.54.